The number of ether oxygens (including phenoxy) is 2. The molecular weight excluding hydrogens is 128 g/mol. The van der Waals surface area contributed by atoms with Gasteiger partial charge in [-0.3, -0.25) is 0 Å². The van der Waals surface area contributed by atoms with E-state index in [1.165, 1.54) is 12.8 Å². The molecule has 1 unspecified atom stereocenters. The summed E-state index contributed by atoms with van der Waals surface area (Å²) in [5.41, 5.74) is 0. The lowest BCUT2D eigenvalue weighted by atomic mass is 9.93. The van der Waals surface area contributed by atoms with Crippen LogP contribution in [-0.4, -0.2) is 13.1 Å². The summed E-state index contributed by atoms with van der Waals surface area (Å²) in [7, 11) is 0. The Morgan fingerprint density at radius 2 is 2.10 bits per heavy atom. The third-order valence-corrected chi connectivity index (χ3v) is 2.16. The molecule has 0 amide bonds. The first-order chi connectivity index (χ1) is 4.97. The zero-order chi connectivity index (χ0) is 6.81. The van der Waals surface area contributed by atoms with Crippen molar-refractivity contribution in [3.8, 4) is 0 Å². The van der Waals surface area contributed by atoms with Gasteiger partial charge in [0.1, 0.15) is 0 Å². The summed E-state index contributed by atoms with van der Waals surface area (Å²) < 4.78 is 10.4. The maximum Gasteiger partial charge on any atom is 0.166 e. The van der Waals surface area contributed by atoms with Gasteiger partial charge in [-0.2, -0.15) is 0 Å². The Balaban J connectivity index is 1.86. The summed E-state index contributed by atoms with van der Waals surface area (Å²) in [6, 6.07) is 0. The topological polar surface area (TPSA) is 18.5 Å². The molecule has 0 aromatic carbocycles. The Bertz CT molecular complexity index is 138. The van der Waals surface area contributed by atoms with E-state index in [2.05, 4.69) is 12.2 Å². The van der Waals surface area contributed by atoms with Gasteiger partial charge < -0.3 is 9.47 Å². The fourth-order valence-corrected chi connectivity index (χ4v) is 1.48. The second-order valence-electron chi connectivity index (χ2n) is 2.86. The lowest BCUT2D eigenvalue weighted by Gasteiger charge is -2.34. The van der Waals surface area contributed by atoms with Gasteiger partial charge in [-0.1, -0.05) is 12.2 Å². The van der Waals surface area contributed by atoms with Crippen LogP contribution in [0.4, 0.5) is 0 Å². The molecule has 2 rings (SSSR count). The van der Waals surface area contributed by atoms with Gasteiger partial charge in [0.15, 0.2) is 13.1 Å². The molecule has 0 spiro atoms. The zero-order valence-corrected chi connectivity index (χ0v) is 5.95. The van der Waals surface area contributed by atoms with E-state index >= 15 is 0 Å². The predicted octanol–water partition coefficient (Wildman–Crippen LogP) is 1.67. The fourth-order valence-electron chi connectivity index (χ4n) is 1.48. The highest BCUT2D eigenvalue weighted by molar-refractivity contribution is 4.91. The molecular formula is C8H12O2. The van der Waals surface area contributed by atoms with Crippen molar-refractivity contribution < 1.29 is 9.47 Å². The lowest BCUT2D eigenvalue weighted by molar-refractivity contribution is -0.340. The van der Waals surface area contributed by atoms with Crippen LogP contribution in [0.2, 0.25) is 0 Å². The van der Waals surface area contributed by atoms with Crippen molar-refractivity contribution in [3.05, 3.63) is 12.2 Å². The van der Waals surface area contributed by atoms with E-state index in [-0.39, 0.29) is 6.29 Å². The molecule has 1 aliphatic heterocycles. The van der Waals surface area contributed by atoms with E-state index in [4.69, 9.17) is 9.47 Å². The third-order valence-electron chi connectivity index (χ3n) is 2.16. The lowest BCUT2D eigenvalue weighted by Crippen LogP contribution is -2.37. The molecule has 10 heavy (non-hydrogen) atoms. The molecule has 0 bridgehead atoms. The van der Waals surface area contributed by atoms with Crippen molar-refractivity contribution in [3.63, 3.8) is 0 Å². The van der Waals surface area contributed by atoms with Crippen LogP contribution in [0.15, 0.2) is 12.2 Å². The van der Waals surface area contributed by atoms with Crippen molar-refractivity contribution >= 4 is 0 Å². The van der Waals surface area contributed by atoms with Gasteiger partial charge in [-0.25, -0.2) is 0 Å². The molecule has 2 nitrogen and oxygen atoms in total. The molecule has 1 saturated heterocycles. The second-order valence-corrected chi connectivity index (χ2v) is 2.86. The molecule has 0 saturated carbocycles. The van der Waals surface area contributed by atoms with Gasteiger partial charge in [0, 0.05) is 5.92 Å². The first-order valence-electron chi connectivity index (χ1n) is 3.85. The molecule has 1 fully saturated rings. The number of rotatable bonds is 1. The molecule has 0 N–H and O–H groups in total. The largest absolute Gasteiger partial charge is 0.326 e. The standard InChI is InChI=1S/C8H12O2/c1-2-4-7(5-3-1)8-9-6-10-8/h1-2,7-8H,3-6H2. The van der Waals surface area contributed by atoms with Crippen LogP contribution in [0.1, 0.15) is 19.3 Å². The van der Waals surface area contributed by atoms with E-state index in [9.17, 15) is 0 Å². The van der Waals surface area contributed by atoms with E-state index in [0.717, 1.165) is 6.42 Å². The maximum absolute atomic E-state index is 5.21. The minimum Gasteiger partial charge on any atom is -0.326 e. The SMILES string of the molecule is C1=CCC(C2OCO2)CC1. The van der Waals surface area contributed by atoms with Gasteiger partial charge in [0.05, 0.1) is 0 Å². The average Bonchev–Trinajstić information content (AvgIpc) is 1.86. The highest BCUT2D eigenvalue weighted by atomic mass is 16.8. The van der Waals surface area contributed by atoms with E-state index in [1.807, 2.05) is 0 Å². The normalized spacial score (nSPS) is 33.8. The van der Waals surface area contributed by atoms with Crippen molar-refractivity contribution in [1.29, 1.82) is 0 Å². The molecule has 1 aliphatic carbocycles. The Labute approximate surface area is 60.8 Å². The summed E-state index contributed by atoms with van der Waals surface area (Å²) in [5, 5.41) is 0. The monoisotopic (exact) mass is 140 g/mol. The summed E-state index contributed by atoms with van der Waals surface area (Å²) in [5.74, 6) is 0.624. The van der Waals surface area contributed by atoms with Crippen LogP contribution < -0.4 is 0 Å². The van der Waals surface area contributed by atoms with Gasteiger partial charge >= 0.3 is 0 Å². The number of allylic oxidation sites excluding steroid dienone is 2. The molecule has 0 aromatic rings. The average molecular weight is 140 g/mol. The summed E-state index contributed by atoms with van der Waals surface area (Å²) in [6.07, 6.45) is 8.11. The Kier molecular flexibility index (Phi) is 1.74. The van der Waals surface area contributed by atoms with E-state index in [0.29, 0.717) is 12.7 Å². The summed E-state index contributed by atoms with van der Waals surface area (Å²) in [6.45, 7) is 0.505. The van der Waals surface area contributed by atoms with Crippen molar-refractivity contribution in [2.24, 2.45) is 5.92 Å². The first-order valence-corrected chi connectivity index (χ1v) is 3.85. The Morgan fingerprint density at radius 1 is 1.20 bits per heavy atom. The predicted molar refractivity (Wildman–Crippen MR) is 37.3 cm³/mol. The summed E-state index contributed by atoms with van der Waals surface area (Å²) in [4.78, 5) is 0. The number of hydrogen-bond acceptors (Lipinski definition) is 2. The quantitative estimate of drug-likeness (QED) is 0.516. The van der Waals surface area contributed by atoms with Gasteiger partial charge in [-0.15, -0.1) is 0 Å². The van der Waals surface area contributed by atoms with E-state index < -0.39 is 0 Å². The van der Waals surface area contributed by atoms with Crippen molar-refractivity contribution in [1.82, 2.24) is 0 Å². The second kappa shape index (κ2) is 2.72. The van der Waals surface area contributed by atoms with Gasteiger partial charge in [0.25, 0.3) is 0 Å². The highest BCUT2D eigenvalue weighted by Crippen LogP contribution is 2.27. The van der Waals surface area contributed by atoms with E-state index in [1.54, 1.807) is 0 Å². The van der Waals surface area contributed by atoms with Crippen LogP contribution in [0.3, 0.4) is 0 Å². The molecule has 1 atom stereocenters. The third kappa shape index (κ3) is 1.09. The zero-order valence-electron chi connectivity index (χ0n) is 5.95. The molecule has 0 radical (unpaired) electrons. The van der Waals surface area contributed by atoms with Crippen molar-refractivity contribution in [2.45, 2.75) is 25.6 Å². The maximum atomic E-state index is 5.21. The molecule has 56 valence electrons. The number of hydrogen-bond donors (Lipinski definition) is 0. The molecule has 2 aliphatic rings. The van der Waals surface area contributed by atoms with Gasteiger partial charge in [0.2, 0.25) is 0 Å². The molecule has 1 heterocycles. The van der Waals surface area contributed by atoms with Crippen molar-refractivity contribution in [2.75, 3.05) is 6.79 Å². The van der Waals surface area contributed by atoms with Crippen LogP contribution in [-0.2, 0) is 9.47 Å². The van der Waals surface area contributed by atoms with Gasteiger partial charge in [-0.05, 0) is 19.3 Å². The Morgan fingerprint density at radius 3 is 2.60 bits per heavy atom. The van der Waals surface area contributed by atoms with Crippen LogP contribution in [0.5, 0.6) is 0 Å². The fraction of sp³-hybridized carbons (Fsp3) is 0.750. The van der Waals surface area contributed by atoms with Crippen LogP contribution in [0, 0.1) is 5.92 Å². The minimum absolute atomic E-state index is 0.116. The van der Waals surface area contributed by atoms with Crippen LogP contribution >= 0.6 is 0 Å². The van der Waals surface area contributed by atoms with Crippen LogP contribution in [0.25, 0.3) is 0 Å². The minimum atomic E-state index is 0.116. The Hall–Kier alpha value is -0.340. The smallest absolute Gasteiger partial charge is 0.166 e. The molecule has 0 aromatic heterocycles. The molecule has 2 heteroatoms. The first kappa shape index (κ1) is 6.38. The summed E-state index contributed by atoms with van der Waals surface area (Å²) >= 11 is 0. The highest BCUT2D eigenvalue weighted by Gasteiger charge is 2.28.